The Morgan fingerprint density at radius 3 is 2.82 bits per heavy atom. The second-order valence-electron chi connectivity index (χ2n) is 4.27. The number of anilines is 1. The van der Waals surface area contributed by atoms with Gasteiger partial charge in [-0.1, -0.05) is 19.1 Å². The molecule has 3 rings (SSSR count). The molecule has 0 saturated carbocycles. The van der Waals surface area contributed by atoms with Crippen molar-refractivity contribution < 1.29 is 9.59 Å². The number of carbonyl (C=O) groups excluding carboxylic acids is 2. The minimum atomic E-state index is -0.252. The Bertz CT molecular complexity index is 617. The zero-order chi connectivity index (χ0) is 12.0. The zero-order valence-electron chi connectivity index (χ0n) is 9.30. The van der Waals surface area contributed by atoms with Gasteiger partial charge in [0.2, 0.25) is 11.8 Å². The van der Waals surface area contributed by atoms with E-state index in [1.54, 1.807) is 6.92 Å². The van der Waals surface area contributed by atoms with Crippen molar-refractivity contribution in [1.29, 1.82) is 0 Å². The van der Waals surface area contributed by atoms with E-state index in [0.29, 0.717) is 5.82 Å². The third-order valence-corrected chi connectivity index (χ3v) is 3.03. The van der Waals surface area contributed by atoms with Gasteiger partial charge in [0, 0.05) is 17.7 Å². The Kier molecular flexibility index (Phi) is 2.01. The van der Waals surface area contributed by atoms with Crippen LogP contribution in [-0.2, 0) is 9.59 Å². The minimum Gasteiger partial charge on any atom is -0.276 e. The molecule has 1 saturated heterocycles. The first kappa shape index (κ1) is 10.0. The maximum absolute atomic E-state index is 11.9. The molecule has 2 heterocycles. The van der Waals surface area contributed by atoms with Crippen LogP contribution in [0.2, 0.25) is 0 Å². The van der Waals surface area contributed by atoms with E-state index in [2.05, 4.69) is 10.2 Å². The lowest BCUT2D eigenvalue weighted by Gasteiger charge is -2.10. The van der Waals surface area contributed by atoms with Gasteiger partial charge in [0.05, 0.1) is 5.52 Å². The molecule has 0 aliphatic carbocycles. The number of rotatable bonds is 1. The molecule has 1 atom stereocenters. The Balaban J connectivity index is 2.16. The van der Waals surface area contributed by atoms with Crippen LogP contribution in [-0.4, -0.2) is 22.0 Å². The summed E-state index contributed by atoms with van der Waals surface area (Å²) in [6.45, 7) is 1.76. The number of imide groups is 1. The number of H-pyrrole nitrogens is 1. The van der Waals surface area contributed by atoms with Gasteiger partial charge in [-0.15, -0.1) is 0 Å². The summed E-state index contributed by atoms with van der Waals surface area (Å²) < 4.78 is 0. The number of benzene rings is 1. The van der Waals surface area contributed by atoms with Crippen LogP contribution in [0, 0.1) is 5.92 Å². The number of aromatic amines is 1. The molecule has 17 heavy (non-hydrogen) atoms. The third-order valence-electron chi connectivity index (χ3n) is 3.03. The van der Waals surface area contributed by atoms with Crippen LogP contribution in [0.3, 0.4) is 0 Å². The van der Waals surface area contributed by atoms with Crippen LogP contribution < -0.4 is 4.90 Å². The molecule has 5 heteroatoms. The maximum atomic E-state index is 11.9. The maximum Gasteiger partial charge on any atom is 0.238 e. The molecule has 0 bridgehead atoms. The van der Waals surface area contributed by atoms with Crippen LogP contribution in [0.15, 0.2) is 24.3 Å². The quantitative estimate of drug-likeness (QED) is 0.753. The first-order valence-corrected chi connectivity index (χ1v) is 5.48. The molecule has 2 aromatic rings. The standard InChI is InChI=1S/C12H11N3O2/c1-7-6-10(16)15(12(7)17)11-8-4-2-3-5-9(8)13-14-11/h2-5,7H,6H2,1H3,(H,13,14). The van der Waals surface area contributed by atoms with Crippen molar-refractivity contribution in [3.05, 3.63) is 24.3 Å². The monoisotopic (exact) mass is 229 g/mol. The van der Waals surface area contributed by atoms with E-state index < -0.39 is 0 Å². The first-order chi connectivity index (χ1) is 8.18. The third kappa shape index (κ3) is 1.35. The molecule has 1 aromatic heterocycles. The highest BCUT2D eigenvalue weighted by molar-refractivity contribution is 6.22. The number of para-hydroxylation sites is 1. The fourth-order valence-corrected chi connectivity index (χ4v) is 2.13. The summed E-state index contributed by atoms with van der Waals surface area (Å²) in [5, 5.41) is 7.69. The van der Waals surface area contributed by atoms with E-state index in [0.717, 1.165) is 10.9 Å². The molecule has 1 unspecified atom stereocenters. The zero-order valence-corrected chi connectivity index (χ0v) is 9.30. The van der Waals surface area contributed by atoms with Gasteiger partial charge < -0.3 is 0 Å². The summed E-state index contributed by atoms with van der Waals surface area (Å²) in [7, 11) is 0. The number of fused-ring (bicyclic) bond motifs is 1. The molecule has 1 aliphatic rings. The molecule has 2 amide bonds. The number of hydrogen-bond donors (Lipinski definition) is 1. The van der Waals surface area contributed by atoms with Gasteiger partial charge in [-0.2, -0.15) is 5.10 Å². The van der Waals surface area contributed by atoms with Gasteiger partial charge in [0.15, 0.2) is 5.82 Å². The van der Waals surface area contributed by atoms with Crippen LogP contribution in [0.5, 0.6) is 0 Å². The van der Waals surface area contributed by atoms with Crippen molar-refractivity contribution in [3.63, 3.8) is 0 Å². The normalized spacial score (nSPS) is 20.5. The summed E-state index contributed by atoms with van der Waals surface area (Å²) in [5.41, 5.74) is 0.822. The molecule has 1 fully saturated rings. The molecule has 1 aromatic carbocycles. The van der Waals surface area contributed by atoms with Gasteiger partial charge in [-0.3, -0.25) is 14.7 Å². The van der Waals surface area contributed by atoms with E-state index in [-0.39, 0.29) is 24.2 Å². The summed E-state index contributed by atoms with van der Waals surface area (Å²) in [6.07, 6.45) is 0.264. The smallest absolute Gasteiger partial charge is 0.238 e. The fourth-order valence-electron chi connectivity index (χ4n) is 2.13. The van der Waals surface area contributed by atoms with Gasteiger partial charge in [-0.05, 0) is 12.1 Å². The molecule has 1 N–H and O–H groups in total. The predicted octanol–water partition coefficient (Wildman–Crippen LogP) is 1.46. The van der Waals surface area contributed by atoms with Crippen LogP contribution >= 0.6 is 0 Å². The topological polar surface area (TPSA) is 66.1 Å². The van der Waals surface area contributed by atoms with Gasteiger partial charge >= 0.3 is 0 Å². The number of amides is 2. The molecule has 0 spiro atoms. The lowest BCUT2D eigenvalue weighted by molar-refractivity contribution is -0.122. The molecule has 1 aliphatic heterocycles. The average Bonchev–Trinajstić information content (AvgIpc) is 2.82. The second-order valence-corrected chi connectivity index (χ2v) is 4.27. The van der Waals surface area contributed by atoms with Crippen LogP contribution in [0.4, 0.5) is 5.82 Å². The number of aromatic nitrogens is 2. The first-order valence-electron chi connectivity index (χ1n) is 5.48. The number of nitrogens with one attached hydrogen (secondary N) is 1. The summed E-state index contributed by atoms with van der Waals surface area (Å²) in [4.78, 5) is 24.9. The van der Waals surface area contributed by atoms with Crippen molar-refractivity contribution >= 4 is 28.5 Å². The summed E-state index contributed by atoms with van der Waals surface area (Å²) in [6, 6.07) is 7.44. The van der Waals surface area contributed by atoms with Gasteiger partial charge in [0.1, 0.15) is 0 Å². The molecule has 86 valence electrons. The highest BCUT2D eigenvalue weighted by Crippen LogP contribution is 2.29. The van der Waals surface area contributed by atoms with E-state index >= 15 is 0 Å². The van der Waals surface area contributed by atoms with E-state index in [1.807, 2.05) is 24.3 Å². The van der Waals surface area contributed by atoms with Crippen LogP contribution in [0.1, 0.15) is 13.3 Å². The van der Waals surface area contributed by atoms with Gasteiger partial charge in [0.25, 0.3) is 0 Å². The lowest BCUT2D eigenvalue weighted by atomic mass is 10.1. The number of hydrogen-bond acceptors (Lipinski definition) is 3. The summed E-state index contributed by atoms with van der Waals surface area (Å²) >= 11 is 0. The second kappa shape index (κ2) is 3.41. The highest BCUT2D eigenvalue weighted by Gasteiger charge is 2.38. The largest absolute Gasteiger partial charge is 0.276 e. The molecular formula is C12H11N3O2. The summed E-state index contributed by atoms with van der Waals surface area (Å²) in [5.74, 6) is -0.190. The SMILES string of the molecule is CC1CC(=O)N(c2n[nH]c3ccccc23)C1=O. The van der Waals surface area contributed by atoms with Crippen molar-refractivity contribution in [1.82, 2.24) is 10.2 Å². The van der Waals surface area contributed by atoms with Crippen molar-refractivity contribution in [3.8, 4) is 0 Å². The van der Waals surface area contributed by atoms with Crippen molar-refractivity contribution in [2.75, 3.05) is 4.90 Å². The van der Waals surface area contributed by atoms with Gasteiger partial charge in [-0.25, -0.2) is 4.90 Å². The molecule has 0 radical (unpaired) electrons. The predicted molar refractivity (Wildman–Crippen MR) is 62.4 cm³/mol. The van der Waals surface area contributed by atoms with Crippen LogP contribution in [0.25, 0.3) is 10.9 Å². The average molecular weight is 229 g/mol. The Morgan fingerprint density at radius 1 is 1.35 bits per heavy atom. The number of nitrogens with zero attached hydrogens (tertiary/aromatic N) is 2. The Labute approximate surface area is 97.4 Å². The number of carbonyl (C=O) groups is 2. The fraction of sp³-hybridized carbons (Fsp3) is 0.250. The molecular weight excluding hydrogens is 218 g/mol. The highest BCUT2D eigenvalue weighted by atomic mass is 16.2. The van der Waals surface area contributed by atoms with E-state index in [9.17, 15) is 9.59 Å². The Hall–Kier alpha value is -2.17. The van der Waals surface area contributed by atoms with Crippen molar-refractivity contribution in [2.24, 2.45) is 5.92 Å². The Morgan fingerprint density at radius 2 is 2.12 bits per heavy atom. The molecule has 5 nitrogen and oxygen atoms in total. The lowest BCUT2D eigenvalue weighted by Crippen LogP contribution is -2.30. The van der Waals surface area contributed by atoms with E-state index in [1.165, 1.54) is 4.90 Å². The van der Waals surface area contributed by atoms with Crippen molar-refractivity contribution in [2.45, 2.75) is 13.3 Å². The minimum absolute atomic E-state index is 0.174. The van der Waals surface area contributed by atoms with E-state index in [4.69, 9.17) is 0 Å².